The minimum atomic E-state index is -0.394. The molecule has 0 amide bonds. The number of hydrogen-bond donors (Lipinski definition) is 0. The van der Waals surface area contributed by atoms with Gasteiger partial charge in [0.05, 0.1) is 11.7 Å². The fraction of sp³-hybridized carbons (Fsp3) is 0.333. The molecule has 0 saturated carbocycles. The Morgan fingerprint density at radius 1 is 1.82 bits per heavy atom. The summed E-state index contributed by atoms with van der Waals surface area (Å²) in [6.07, 6.45) is 1.46. The molecule has 0 aromatic carbocycles. The van der Waals surface area contributed by atoms with E-state index in [4.69, 9.17) is 0 Å². The van der Waals surface area contributed by atoms with Crippen LogP contribution in [0.1, 0.15) is 9.67 Å². The molecule has 0 fully saturated rings. The summed E-state index contributed by atoms with van der Waals surface area (Å²) in [7, 11) is 1.46. The van der Waals surface area contributed by atoms with Crippen molar-refractivity contribution in [3.05, 3.63) is 16.6 Å². The van der Waals surface area contributed by atoms with Crippen LogP contribution in [0.25, 0.3) is 0 Å². The zero-order chi connectivity index (χ0) is 8.10. The van der Waals surface area contributed by atoms with Crippen molar-refractivity contribution in [3.63, 3.8) is 0 Å². The SMILES string of the molecule is COCOC(=O)c1cncs1. The standard InChI is InChI=1S/C6H7NO3S/c1-9-4-10-6(8)5-2-7-3-11-5/h2-3H,4H2,1H3. The predicted molar refractivity (Wildman–Crippen MR) is 39.4 cm³/mol. The van der Waals surface area contributed by atoms with Crippen molar-refractivity contribution in [2.24, 2.45) is 0 Å². The molecule has 1 rings (SSSR count). The molecule has 0 unspecified atom stereocenters. The van der Waals surface area contributed by atoms with Crippen molar-refractivity contribution in [2.75, 3.05) is 13.9 Å². The van der Waals surface area contributed by atoms with Gasteiger partial charge in [-0.2, -0.15) is 0 Å². The Bertz CT molecular complexity index is 222. The largest absolute Gasteiger partial charge is 0.434 e. The van der Waals surface area contributed by atoms with Crippen molar-refractivity contribution in [1.82, 2.24) is 4.98 Å². The fourth-order valence-electron chi connectivity index (χ4n) is 0.500. The van der Waals surface area contributed by atoms with E-state index in [-0.39, 0.29) is 6.79 Å². The summed E-state index contributed by atoms with van der Waals surface area (Å²) in [5.41, 5.74) is 1.57. The van der Waals surface area contributed by atoms with Crippen molar-refractivity contribution >= 4 is 17.3 Å². The zero-order valence-electron chi connectivity index (χ0n) is 5.94. The normalized spacial score (nSPS) is 9.55. The smallest absolute Gasteiger partial charge is 0.352 e. The van der Waals surface area contributed by atoms with Gasteiger partial charge in [0, 0.05) is 7.11 Å². The van der Waals surface area contributed by atoms with Gasteiger partial charge in [-0.1, -0.05) is 0 Å². The number of methoxy groups -OCH3 is 1. The molecule has 1 aromatic rings. The van der Waals surface area contributed by atoms with E-state index in [1.54, 1.807) is 5.51 Å². The van der Waals surface area contributed by atoms with Crippen LogP contribution in [-0.4, -0.2) is 24.9 Å². The third-order valence-electron chi connectivity index (χ3n) is 0.941. The number of aromatic nitrogens is 1. The lowest BCUT2D eigenvalue weighted by Crippen LogP contribution is -2.05. The first kappa shape index (κ1) is 8.16. The van der Waals surface area contributed by atoms with Crippen LogP contribution in [0.4, 0.5) is 0 Å². The lowest BCUT2D eigenvalue weighted by Gasteiger charge is -1.98. The Kier molecular flexibility index (Phi) is 3.00. The molecule has 0 aliphatic heterocycles. The van der Waals surface area contributed by atoms with E-state index in [1.165, 1.54) is 24.6 Å². The number of esters is 1. The summed E-state index contributed by atoms with van der Waals surface area (Å²) >= 11 is 1.24. The molecular weight excluding hydrogens is 166 g/mol. The second-order valence-corrected chi connectivity index (χ2v) is 2.59. The Morgan fingerprint density at radius 3 is 3.18 bits per heavy atom. The number of rotatable bonds is 3. The molecule has 0 N–H and O–H groups in total. The van der Waals surface area contributed by atoms with Crippen molar-refractivity contribution in [3.8, 4) is 0 Å². The first-order valence-electron chi connectivity index (χ1n) is 2.89. The fourth-order valence-corrected chi connectivity index (χ4v) is 1.01. The lowest BCUT2D eigenvalue weighted by molar-refractivity contribution is -0.0120. The van der Waals surface area contributed by atoms with Gasteiger partial charge in [-0.05, 0) is 0 Å². The highest BCUT2D eigenvalue weighted by Crippen LogP contribution is 2.06. The first-order chi connectivity index (χ1) is 5.34. The van der Waals surface area contributed by atoms with Crippen LogP contribution in [0.2, 0.25) is 0 Å². The summed E-state index contributed by atoms with van der Waals surface area (Å²) in [5.74, 6) is -0.394. The van der Waals surface area contributed by atoms with Crippen LogP contribution in [-0.2, 0) is 9.47 Å². The van der Waals surface area contributed by atoms with Gasteiger partial charge in [-0.25, -0.2) is 4.79 Å². The summed E-state index contributed by atoms with van der Waals surface area (Å²) in [5, 5.41) is 0. The van der Waals surface area contributed by atoms with Gasteiger partial charge in [-0.3, -0.25) is 4.98 Å². The molecule has 0 spiro atoms. The van der Waals surface area contributed by atoms with Crippen LogP contribution in [0.3, 0.4) is 0 Å². The number of hydrogen-bond acceptors (Lipinski definition) is 5. The van der Waals surface area contributed by atoms with Crippen molar-refractivity contribution in [1.29, 1.82) is 0 Å². The maximum atomic E-state index is 10.9. The highest BCUT2D eigenvalue weighted by Gasteiger charge is 2.07. The third kappa shape index (κ3) is 2.28. The van der Waals surface area contributed by atoms with Gasteiger partial charge in [-0.15, -0.1) is 11.3 Å². The predicted octanol–water partition coefficient (Wildman–Crippen LogP) is 0.904. The zero-order valence-corrected chi connectivity index (χ0v) is 6.76. The molecule has 0 bridgehead atoms. The van der Waals surface area contributed by atoms with Crippen LogP contribution in [0.5, 0.6) is 0 Å². The van der Waals surface area contributed by atoms with Gasteiger partial charge < -0.3 is 9.47 Å². The number of carbonyl (C=O) groups excluding carboxylic acids is 1. The monoisotopic (exact) mass is 173 g/mol. The number of carbonyl (C=O) groups is 1. The third-order valence-corrected chi connectivity index (χ3v) is 1.69. The Labute approximate surface area is 67.8 Å². The van der Waals surface area contributed by atoms with Gasteiger partial charge in [0.25, 0.3) is 0 Å². The van der Waals surface area contributed by atoms with Crippen LogP contribution < -0.4 is 0 Å². The summed E-state index contributed by atoms with van der Waals surface area (Å²) in [4.78, 5) is 15.1. The van der Waals surface area contributed by atoms with Crippen LogP contribution in [0, 0.1) is 0 Å². The first-order valence-corrected chi connectivity index (χ1v) is 3.77. The minimum Gasteiger partial charge on any atom is -0.434 e. The highest BCUT2D eigenvalue weighted by molar-refractivity contribution is 7.11. The average molecular weight is 173 g/mol. The summed E-state index contributed by atoms with van der Waals surface area (Å²) in [6.45, 7) is -0.0171. The van der Waals surface area contributed by atoms with Crippen LogP contribution >= 0.6 is 11.3 Å². The van der Waals surface area contributed by atoms with E-state index in [0.717, 1.165) is 0 Å². The van der Waals surface area contributed by atoms with E-state index >= 15 is 0 Å². The number of thiazole rings is 1. The van der Waals surface area contributed by atoms with E-state index in [9.17, 15) is 4.79 Å². The van der Waals surface area contributed by atoms with E-state index < -0.39 is 5.97 Å². The molecule has 1 heterocycles. The van der Waals surface area contributed by atoms with Gasteiger partial charge in [0.2, 0.25) is 0 Å². The van der Waals surface area contributed by atoms with E-state index in [1.807, 2.05) is 0 Å². The van der Waals surface area contributed by atoms with Crippen molar-refractivity contribution < 1.29 is 14.3 Å². The Balaban J connectivity index is 2.43. The van der Waals surface area contributed by atoms with E-state index in [0.29, 0.717) is 4.88 Å². The lowest BCUT2D eigenvalue weighted by atomic mass is 10.6. The molecule has 1 aromatic heterocycles. The summed E-state index contributed by atoms with van der Waals surface area (Å²) in [6, 6.07) is 0. The molecule has 0 aliphatic carbocycles. The van der Waals surface area contributed by atoms with Gasteiger partial charge in [0.1, 0.15) is 4.88 Å². The Morgan fingerprint density at radius 2 is 2.64 bits per heavy atom. The molecule has 0 saturated heterocycles. The second kappa shape index (κ2) is 4.05. The molecule has 60 valence electrons. The van der Waals surface area contributed by atoms with Gasteiger partial charge in [0.15, 0.2) is 6.79 Å². The molecule has 0 aliphatic rings. The molecule has 11 heavy (non-hydrogen) atoms. The van der Waals surface area contributed by atoms with Crippen molar-refractivity contribution in [2.45, 2.75) is 0 Å². The van der Waals surface area contributed by atoms with Crippen LogP contribution in [0.15, 0.2) is 11.7 Å². The summed E-state index contributed by atoms with van der Waals surface area (Å²) < 4.78 is 9.20. The minimum absolute atomic E-state index is 0.0171. The topological polar surface area (TPSA) is 48.4 Å². The number of nitrogens with zero attached hydrogens (tertiary/aromatic N) is 1. The molecule has 4 nitrogen and oxygen atoms in total. The quantitative estimate of drug-likeness (QED) is 0.503. The second-order valence-electron chi connectivity index (χ2n) is 1.70. The molecular formula is C6H7NO3S. The maximum absolute atomic E-state index is 10.9. The van der Waals surface area contributed by atoms with Gasteiger partial charge >= 0.3 is 5.97 Å². The molecule has 0 atom stereocenters. The van der Waals surface area contributed by atoms with E-state index in [2.05, 4.69) is 14.5 Å². The maximum Gasteiger partial charge on any atom is 0.352 e. The molecule has 0 radical (unpaired) electrons. The highest BCUT2D eigenvalue weighted by atomic mass is 32.1. The molecule has 5 heteroatoms. The average Bonchev–Trinajstić information content (AvgIpc) is 2.52. The number of ether oxygens (including phenoxy) is 2. The Hall–Kier alpha value is -0.940.